The predicted molar refractivity (Wildman–Crippen MR) is 57.3 cm³/mol. The molecule has 0 aliphatic rings. The van der Waals surface area contributed by atoms with Crippen LogP contribution in [0.3, 0.4) is 0 Å². The van der Waals surface area contributed by atoms with E-state index in [2.05, 4.69) is 10.1 Å². The van der Waals surface area contributed by atoms with E-state index in [4.69, 9.17) is 15.7 Å². The van der Waals surface area contributed by atoms with Gasteiger partial charge in [0.05, 0.1) is 5.69 Å². The number of nitrogens with two attached hydrogens (primary N) is 1. The van der Waals surface area contributed by atoms with Gasteiger partial charge in [-0.2, -0.15) is 0 Å². The summed E-state index contributed by atoms with van der Waals surface area (Å²) in [6.45, 7) is 3.98. The quantitative estimate of drug-likeness (QED) is 0.336. The molecule has 0 spiro atoms. The number of hydrogen-bond donors (Lipinski definition) is 2. The summed E-state index contributed by atoms with van der Waals surface area (Å²) in [6.07, 6.45) is 0.785. The Labute approximate surface area is 88.6 Å². The molecule has 5 nitrogen and oxygen atoms in total. The van der Waals surface area contributed by atoms with Crippen molar-refractivity contribution in [1.29, 1.82) is 0 Å². The largest absolute Gasteiger partial charge is 0.484 e. The lowest BCUT2D eigenvalue weighted by molar-refractivity contribution is 0.305. The Morgan fingerprint density at radius 1 is 1.60 bits per heavy atom. The van der Waals surface area contributed by atoms with Crippen molar-refractivity contribution in [3.8, 4) is 5.75 Å². The van der Waals surface area contributed by atoms with Crippen LogP contribution in [0.1, 0.15) is 18.3 Å². The van der Waals surface area contributed by atoms with Crippen molar-refractivity contribution in [1.82, 2.24) is 4.98 Å². The fourth-order valence-corrected chi connectivity index (χ4v) is 1.16. The minimum atomic E-state index is 0.0395. The Kier molecular flexibility index (Phi) is 3.91. The molecule has 0 amide bonds. The zero-order valence-electron chi connectivity index (χ0n) is 8.90. The molecule has 0 aromatic carbocycles. The minimum Gasteiger partial charge on any atom is -0.484 e. The van der Waals surface area contributed by atoms with E-state index < -0.39 is 0 Å². The second kappa shape index (κ2) is 5.19. The Hall–Kier alpha value is -1.78. The van der Waals surface area contributed by atoms with Gasteiger partial charge in [-0.1, -0.05) is 12.1 Å². The molecule has 0 unspecified atom stereocenters. The predicted octanol–water partition coefficient (Wildman–Crippen LogP) is 1.08. The zero-order valence-corrected chi connectivity index (χ0v) is 8.90. The first-order valence-electron chi connectivity index (χ1n) is 4.73. The molecule has 0 saturated heterocycles. The van der Waals surface area contributed by atoms with Gasteiger partial charge in [-0.25, -0.2) is 0 Å². The van der Waals surface area contributed by atoms with Gasteiger partial charge in [0.25, 0.3) is 0 Å². The van der Waals surface area contributed by atoms with Crippen LogP contribution < -0.4 is 10.5 Å². The lowest BCUT2D eigenvalue weighted by Gasteiger charge is -2.09. The molecule has 15 heavy (non-hydrogen) atoms. The van der Waals surface area contributed by atoms with Gasteiger partial charge in [0, 0.05) is 5.69 Å². The maximum atomic E-state index is 8.35. The summed E-state index contributed by atoms with van der Waals surface area (Å²) in [5.41, 5.74) is 7.12. The molecule has 1 aromatic heterocycles. The van der Waals surface area contributed by atoms with E-state index in [-0.39, 0.29) is 12.4 Å². The molecule has 0 atom stereocenters. The monoisotopic (exact) mass is 209 g/mol. The molecule has 0 aliphatic carbocycles. The highest BCUT2D eigenvalue weighted by molar-refractivity contribution is 5.81. The van der Waals surface area contributed by atoms with Gasteiger partial charge in [0.1, 0.15) is 12.4 Å². The Morgan fingerprint density at radius 2 is 2.33 bits per heavy atom. The SMILES string of the molecule is CCc1nc(C)ccc1OC/C(N)=N/O. The maximum Gasteiger partial charge on any atom is 0.177 e. The van der Waals surface area contributed by atoms with Gasteiger partial charge < -0.3 is 15.7 Å². The summed E-state index contributed by atoms with van der Waals surface area (Å²) in [4.78, 5) is 4.33. The highest BCUT2D eigenvalue weighted by Crippen LogP contribution is 2.17. The standard InChI is InChI=1S/C10H15N3O2/c1-3-8-9(5-4-7(2)12-8)15-6-10(11)13-14/h4-5,14H,3,6H2,1-2H3,(H2,11,13). The lowest BCUT2D eigenvalue weighted by atomic mass is 10.2. The van der Waals surface area contributed by atoms with Gasteiger partial charge in [-0.15, -0.1) is 0 Å². The van der Waals surface area contributed by atoms with Crippen LogP contribution in [0.25, 0.3) is 0 Å². The summed E-state index contributed by atoms with van der Waals surface area (Å²) >= 11 is 0. The second-order valence-electron chi connectivity index (χ2n) is 3.13. The Balaban J connectivity index is 2.76. The van der Waals surface area contributed by atoms with Gasteiger partial charge >= 0.3 is 0 Å². The highest BCUT2D eigenvalue weighted by Gasteiger charge is 2.04. The fourth-order valence-electron chi connectivity index (χ4n) is 1.16. The number of ether oxygens (including phenoxy) is 1. The molecule has 82 valence electrons. The third-order valence-electron chi connectivity index (χ3n) is 1.91. The molecule has 0 saturated carbocycles. The van der Waals surface area contributed by atoms with E-state index in [1.807, 2.05) is 26.0 Å². The second-order valence-corrected chi connectivity index (χ2v) is 3.13. The summed E-state index contributed by atoms with van der Waals surface area (Å²) in [7, 11) is 0. The molecule has 1 heterocycles. The molecule has 1 rings (SSSR count). The van der Waals surface area contributed by atoms with Crippen LogP contribution in [0.2, 0.25) is 0 Å². The molecule has 3 N–H and O–H groups in total. The molecular weight excluding hydrogens is 194 g/mol. The first-order valence-corrected chi connectivity index (χ1v) is 4.73. The van der Waals surface area contributed by atoms with Crippen molar-refractivity contribution in [3.63, 3.8) is 0 Å². The van der Waals surface area contributed by atoms with E-state index in [0.717, 1.165) is 17.8 Å². The van der Waals surface area contributed by atoms with Crippen molar-refractivity contribution < 1.29 is 9.94 Å². The fraction of sp³-hybridized carbons (Fsp3) is 0.400. The van der Waals surface area contributed by atoms with Gasteiger partial charge in [0.15, 0.2) is 5.84 Å². The van der Waals surface area contributed by atoms with Crippen LogP contribution in [0.4, 0.5) is 0 Å². The van der Waals surface area contributed by atoms with E-state index >= 15 is 0 Å². The number of aryl methyl sites for hydroxylation is 2. The Bertz CT molecular complexity index is 364. The van der Waals surface area contributed by atoms with Crippen molar-refractivity contribution in [2.24, 2.45) is 10.9 Å². The van der Waals surface area contributed by atoms with Gasteiger partial charge in [-0.05, 0) is 25.5 Å². The first-order chi connectivity index (χ1) is 7.17. The summed E-state index contributed by atoms with van der Waals surface area (Å²) in [5, 5.41) is 11.2. The average Bonchev–Trinajstić information content (AvgIpc) is 2.26. The number of pyridine rings is 1. The van der Waals surface area contributed by atoms with Crippen LogP contribution in [0.15, 0.2) is 17.3 Å². The molecule has 5 heteroatoms. The van der Waals surface area contributed by atoms with Crippen LogP contribution in [0.5, 0.6) is 5.75 Å². The summed E-state index contributed by atoms with van der Waals surface area (Å²) in [5.74, 6) is 0.715. The summed E-state index contributed by atoms with van der Waals surface area (Å²) in [6, 6.07) is 3.70. The summed E-state index contributed by atoms with van der Waals surface area (Å²) < 4.78 is 5.36. The van der Waals surface area contributed by atoms with Crippen molar-refractivity contribution in [2.75, 3.05) is 6.61 Å². The third-order valence-corrected chi connectivity index (χ3v) is 1.91. The number of rotatable bonds is 4. The van der Waals surface area contributed by atoms with Crippen LogP contribution in [0, 0.1) is 6.92 Å². The van der Waals surface area contributed by atoms with Crippen molar-refractivity contribution in [3.05, 3.63) is 23.5 Å². The van der Waals surface area contributed by atoms with Crippen molar-refractivity contribution in [2.45, 2.75) is 20.3 Å². The van der Waals surface area contributed by atoms with E-state index in [0.29, 0.717) is 5.75 Å². The number of nitrogens with zero attached hydrogens (tertiary/aromatic N) is 2. The maximum absolute atomic E-state index is 8.35. The molecule has 1 aromatic rings. The topological polar surface area (TPSA) is 80.7 Å². The number of amidine groups is 1. The van der Waals surface area contributed by atoms with E-state index in [1.165, 1.54) is 0 Å². The molecule has 0 radical (unpaired) electrons. The highest BCUT2D eigenvalue weighted by atomic mass is 16.5. The molecular formula is C10H15N3O2. The van der Waals surface area contributed by atoms with E-state index in [9.17, 15) is 0 Å². The van der Waals surface area contributed by atoms with E-state index in [1.54, 1.807) is 0 Å². The molecule has 0 aliphatic heterocycles. The molecule has 0 fully saturated rings. The number of aromatic nitrogens is 1. The van der Waals surface area contributed by atoms with Crippen LogP contribution >= 0.6 is 0 Å². The molecule has 0 bridgehead atoms. The zero-order chi connectivity index (χ0) is 11.3. The first kappa shape index (κ1) is 11.3. The van der Waals surface area contributed by atoms with Crippen LogP contribution in [-0.4, -0.2) is 22.6 Å². The van der Waals surface area contributed by atoms with Crippen LogP contribution in [-0.2, 0) is 6.42 Å². The number of hydrogen-bond acceptors (Lipinski definition) is 4. The third kappa shape index (κ3) is 3.12. The lowest BCUT2D eigenvalue weighted by Crippen LogP contribution is -2.21. The number of oxime groups is 1. The normalized spacial score (nSPS) is 11.5. The smallest absolute Gasteiger partial charge is 0.177 e. The van der Waals surface area contributed by atoms with Gasteiger partial charge in [0.2, 0.25) is 0 Å². The average molecular weight is 209 g/mol. The van der Waals surface area contributed by atoms with Crippen molar-refractivity contribution >= 4 is 5.84 Å². The minimum absolute atomic E-state index is 0.0395. The van der Waals surface area contributed by atoms with Gasteiger partial charge in [-0.3, -0.25) is 4.98 Å². The Morgan fingerprint density at radius 3 is 2.93 bits per heavy atom.